The number of carbonyl (C=O) groups excluding carboxylic acids is 2. The van der Waals surface area contributed by atoms with Crippen LogP contribution >= 0.6 is 0 Å². The van der Waals surface area contributed by atoms with Gasteiger partial charge in [0.05, 0.1) is 0 Å². The first-order valence-corrected chi connectivity index (χ1v) is 7.99. The number of hydrogen-bond donors (Lipinski definition) is 0. The first-order valence-electron chi connectivity index (χ1n) is 7.99. The fourth-order valence-electron chi connectivity index (χ4n) is 2.65. The zero-order valence-electron chi connectivity index (χ0n) is 14.3. The number of ether oxygens (including phenoxy) is 1. The Kier molecular flexibility index (Phi) is 4.80. The summed E-state index contributed by atoms with van der Waals surface area (Å²) in [5.74, 6) is -0.939. The van der Waals surface area contributed by atoms with E-state index in [2.05, 4.69) is 0 Å². The van der Waals surface area contributed by atoms with Crippen LogP contribution in [0.1, 0.15) is 28.4 Å². The van der Waals surface area contributed by atoms with Crippen LogP contribution < -0.4 is 10.4 Å². The van der Waals surface area contributed by atoms with Crippen LogP contribution in [0.25, 0.3) is 17.0 Å². The minimum absolute atomic E-state index is 0.0569. The molecule has 1 aromatic heterocycles. The molecule has 0 aliphatic heterocycles. The first-order chi connectivity index (χ1) is 12.5. The van der Waals surface area contributed by atoms with Gasteiger partial charge in [-0.1, -0.05) is 30.3 Å². The molecule has 3 aromatic rings. The van der Waals surface area contributed by atoms with Crippen molar-refractivity contribution in [3.05, 3.63) is 81.7 Å². The van der Waals surface area contributed by atoms with Gasteiger partial charge in [-0.3, -0.25) is 4.79 Å². The van der Waals surface area contributed by atoms with E-state index in [4.69, 9.17) is 9.15 Å². The lowest BCUT2D eigenvalue weighted by molar-refractivity contribution is -0.128. The molecule has 3 rings (SSSR count). The highest BCUT2D eigenvalue weighted by molar-refractivity contribution is 6.08. The predicted molar refractivity (Wildman–Crippen MR) is 98.3 cm³/mol. The second-order valence-corrected chi connectivity index (χ2v) is 5.79. The van der Waals surface area contributed by atoms with Crippen LogP contribution in [-0.2, 0) is 4.79 Å². The molecule has 5 heteroatoms. The normalized spacial score (nSPS) is 11.0. The quantitative estimate of drug-likeness (QED) is 0.235. The maximum atomic E-state index is 12.1. The standard InChI is InChI=1S/C21H16O5/c1-13-12-19(24)26-21-16(13)9-10-17(20(21)14(2)22)25-18(23)11-8-15-6-4-3-5-7-15/h3-12H,1-2H3/b11-8+. The molecular weight excluding hydrogens is 332 g/mol. The number of carbonyl (C=O) groups is 2. The molecule has 0 aliphatic carbocycles. The van der Waals surface area contributed by atoms with Gasteiger partial charge in [0, 0.05) is 17.5 Å². The van der Waals surface area contributed by atoms with Gasteiger partial charge < -0.3 is 9.15 Å². The van der Waals surface area contributed by atoms with Crippen molar-refractivity contribution in [2.45, 2.75) is 13.8 Å². The zero-order valence-corrected chi connectivity index (χ0v) is 14.3. The largest absolute Gasteiger partial charge is 0.422 e. The number of hydrogen-bond acceptors (Lipinski definition) is 5. The van der Waals surface area contributed by atoms with Crippen LogP contribution in [0.2, 0.25) is 0 Å². The number of Topliss-reactive ketones (excluding diaryl/α,β-unsaturated/α-hetero) is 1. The van der Waals surface area contributed by atoms with Crippen molar-refractivity contribution < 1.29 is 18.7 Å². The molecule has 1 heterocycles. The Morgan fingerprint density at radius 2 is 1.81 bits per heavy atom. The fourth-order valence-corrected chi connectivity index (χ4v) is 2.65. The summed E-state index contributed by atoms with van der Waals surface area (Å²) in [6, 6.07) is 13.8. The van der Waals surface area contributed by atoms with E-state index in [1.54, 1.807) is 19.1 Å². The number of ketones is 1. The summed E-state index contributed by atoms with van der Waals surface area (Å²) in [6.45, 7) is 3.08. The summed E-state index contributed by atoms with van der Waals surface area (Å²) in [6.07, 6.45) is 2.89. The van der Waals surface area contributed by atoms with Crippen LogP contribution in [-0.4, -0.2) is 11.8 Å². The van der Waals surface area contributed by atoms with Crippen LogP contribution in [0.15, 0.2) is 63.8 Å². The van der Waals surface area contributed by atoms with Crippen molar-refractivity contribution in [1.82, 2.24) is 0 Å². The lowest BCUT2D eigenvalue weighted by atomic mass is 10.0. The topological polar surface area (TPSA) is 73.6 Å². The van der Waals surface area contributed by atoms with Gasteiger partial charge in [-0.05, 0) is 43.2 Å². The molecule has 2 aromatic carbocycles. The molecule has 0 radical (unpaired) electrons. The number of benzene rings is 2. The van der Waals surface area contributed by atoms with E-state index in [0.717, 1.165) is 5.56 Å². The lowest BCUT2D eigenvalue weighted by Gasteiger charge is -2.10. The highest BCUT2D eigenvalue weighted by Gasteiger charge is 2.18. The average Bonchev–Trinajstić information content (AvgIpc) is 2.60. The van der Waals surface area contributed by atoms with Gasteiger partial charge in [-0.15, -0.1) is 0 Å². The second kappa shape index (κ2) is 7.19. The van der Waals surface area contributed by atoms with E-state index in [1.807, 2.05) is 30.3 Å². The molecule has 26 heavy (non-hydrogen) atoms. The average molecular weight is 348 g/mol. The Morgan fingerprint density at radius 3 is 2.50 bits per heavy atom. The van der Waals surface area contributed by atoms with Gasteiger partial charge in [-0.25, -0.2) is 9.59 Å². The Labute approximate surface area is 149 Å². The van der Waals surface area contributed by atoms with Crippen LogP contribution in [0, 0.1) is 6.92 Å². The van der Waals surface area contributed by atoms with Crippen molar-refractivity contribution >= 4 is 28.8 Å². The van der Waals surface area contributed by atoms with Gasteiger partial charge in [-0.2, -0.15) is 0 Å². The molecule has 0 aliphatic rings. The van der Waals surface area contributed by atoms with Gasteiger partial charge in [0.25, 0.3) is 0 Å². The van der Waals surface area contributed by atoms with E-state index < -0.39 is 11.6 Å². The molecule has 5 nitrogen and oxygen atoms in total. The van der Waals surface area contributed by atoms with Crippen molar-refractivity contribution in [2.24, 2.45) is 0 Å². The number of rotatable bonds is 4. The Morgan fingerprint density at radius 1 is 1.08 bits per heavy atom. The van der Waals surface area contributed by atoms with Crippen LogP contribution in [0.4, 0.5) is 0 Å². The molecule has 0 unspecified atom stereocenters. The second-order valence-electron chi connectivity index (χ2n) is 5.79. The third kappa shape index (κ3) is 3.62. The van der Waals surface area contributed by atoms with Crippen LogP contribution in [0.5, 0.6) is 5.75 Å². The Hall–Kier alpha value is -3.47. The third-order valence-electron chi connectivity index (χ3n) is 3.86. The SMILES string of the molecule is CC(=O)c1c(OC(=O)/C=C/c2ccccc2)ccc2c(C)cc(=O)oc12. The summed E-state index contributed by atoms with van der Waals surface area (Å²) >= 11 is 0. The Bertz CT molecular complexity index is 1070. The molecule has 130 valence electrons. The molecular formula is C21H16O5. The lowest BCUT2D eigenvalue weighted by Crippen LogP contribution is -2.09. The summed E-state index contributed by atoms with van der Waals surface area (Å²) in [7, 11) is 0. The van der Waals surface area contributed by atoms with Gasteiger partial charge in [0.2, 0.25) is 0 Å². The maximum Gasteiger partial charge on any atom is 0.336 e. The highest BCUT2D eigenvalue weighted by atomic mass is 16.5. The molecule has 0 fully saturated rings. The van der Waals surface area contributed by atoms with Crippen molar-refractivity contribution in [3.8, 4) is 5.75 Å². The highest BCUT2D eigenvalue weighted by Crippen LogP contribution is 2.29. The number of aryl methyl sites for hydroxylation is 1. The third-order valence-corrected chi connectivity index (χ3v) is 3.86. The van der Waals surface area contributed by atoms with Gasteiger partial charge in [0.1, 0.15) is 11.3 Å². The predicted octanol–water partition coefficient (Wildman–Crippen LogP) is 3.92. The fraction of sp³-hybridized carbons (Fsp3) is 0.0952. The Balaban J connectivity index is 1.98. The van der Waals surface area contributed by atoms with E-state index >= 15 is 0 Å². The summed E-state index contributed by atoms with van der Waals surface area (Å²) in [5, 5.41) is 0.620. The van der Waals surface area contributed by atoms with E-state index in [0.29, 0.717) is 10.9 Å². The molecule has 0 bridgehead atoms. The first kappa shape index (κ1) is 17.4. The van der Waals surface area contributed by atoms with Crippen LogP contribution in [0.3, 0.4) is 0 Å². The minimum Gasteiger partial charge on any atom is -0.422 e. The molecule has 0 spiro atoms. The van der Waals surface area contributed by atoms with E-state index in [9.17, 15) is 14.4 Å². The monoisotopic (exact) mass is 348 g/mol. The van der Waals surface area contributed by atoms with Crippen molar-refractivity contribution in [1.29, 1.82) is 0 Å². The van der Waals surface area contributed by atoms with Gasteiger partial charge in [0.15, 0.2) is 11.4 Å². The summed E-state index contributed by atoms with van der Waals surface area (Å²) < 4.78 is 10.5. The molecule has 0 atom stereocenters. The number of esters is 1. The number of fused-ring (bicyclic) bond motifs is 1. The van der Waals surface area contributed by atoms with Gasteiger partial charge >= 0.3 is 11.6 Å². The zero-order chi connectivity index (χ0) is 18.7. The van der Waals surface area contributed by atoms with E-state index in [1.165, 1.54) is 25.1 Å². The van der Waals surface area contributed by atoms with Crippen molar-refractivity contribution in [2.75, 3.05) is 0 Å². The molecule has 0 N–H and O–H groups in total. The van der Waals surface area contributed by atoms with Crippen molar-refractivity contribution in [3.63, 3.8) is 0 Å². The minimum atomic E-state index is -0.634. The smallest absolute Gasteiger partial charge is 0.336 e. The maximum absolute atomic E-state index is 12.1. The molecule has 0 saturated heterocycles. The summed E-state index contributed by atoms with van der Waals surface area (Å²) in [4.78, 5) is 35.9. The molecule has 0 amide bonds. The summed E-state index contributed by atoms with van der Waals surface area (Å²) in [5.41, 5.74) is 1.16. The molecule has 0 saturated carbocycles. The van der Waals surface area contributed by atoms with E-state index in [-0.39, 0.29) is 22.7 Å².